The Kier molecular flexibility index (Phi) is 3.91. The summed E-state index contributed by atoms with van der Waals surface area (Å²) in [7, 11) is 0. The van der Waals surface area contributed by atoms with Gasteiger partial charge in [0.25, 0.3) is 0 Å². The van der Waals surface area contributed by atoms with E-state index in [1.54, 1.807) is 0 Å². The summed E-state index contributed by atoms with van der Waals surface area (Å²) in [4.78, 5) is 12.2. The van der Waals surface area contributed by atoms with E-state index in [9.17, 15) is 4.79 Å². The van der Waals surface area contributed by atoms with Gasteiger partial charge in [-0.25, -0.2) is 4.79 Å². The number of para-hydroxylation sites is 1. The minimum atomic E-state index is -0.392. The smallest absolute Gasteiger partial charge is 0.341 e. The van der Waals surface area contributed by atoms with Crippen molar-refractivity contribution in [1.29, 1.82) is 0 Å². The summed E-state index contributed by atoms with van der Waals surface area (Å²) in [5.74, 6) is -0.217. The number of hydrogen-bond acceptors (Lipinski definition) is 3. The second kappa shape index (κ2) is 6.00. The molecular formula is C18H19NO2. The van der Waals surface area contributed by atoms with Crippen LogP contribution in [0.25, 0.3) is 0 Å². The zero-order valence-electron chi connectivity index (χ0n) is 12.1. The molecule has 0 spiro atoms. The van der Waals surface area contributed by atoms with Gasteiger partial charge in [0.2, 0.25) is 6.23 Å². The van der Waals surface area contributed by atoms with Crippen LogP contribution in [-0.4, -0.2) is 5.97 Å². The lowest BCUT2D eigenvalue weighted by molar-refractivity contribution is 0.0436. The highest BCUT2D eigenvalue weighted by molar-refractivity contribution is 5.96. The van der Waals surface area contributed by atoms with Gasteiger partial charge in [0.1, 0.15) is 0 Å². The van der Waals surface area contributed by atoms with Crippen LogP contribution in [0, 0.1) is 0 Å². The Morgan fingerprint density at radius 1 is 1.10 bits per heavy atom. The van der Waals surface area contributed by atoms with Crippen LogP contribution in [0.1, 0.15) is 47.5 Å². The molecular weight excluding hydrogens is 262 g/mol. The molecule has 1 atom stereocenters. The lowest BCUT2D eigenvalue weighted by Crippen LogP contribution is -2.09. The van der Waals surface area contributed by atoms with Gasteiger partial charge in [0.05, 0.1) is 5.56 Å². The third kappa shape index (κ3) is 2.77. The number of esters is 1. The van der Waals surface area contributed by atoms with E-state index in [0.29, 0.717) is 0 Å². The maximum atomic E-state index is 12.2. The Labute approximate surface area is 124 Å². The molecule has 3 nitrogen and oxygen atoms in total. The van der Waals surface area contributed by atoms with E-state index in [1.165, 1.54) is 0 Å². The van der Waals surface area contributed by atoms with Gasteiger partial charge in [-0.15, -0.1) is 0 Å². The van der Waals surface area contributed by atoms with E-state index in [2.05, 4.69) is 12.2 Å². The van der Waals surface area contributed by atoms with Crippen LogP contribution in [-0.2, 0) is 11.2 Å². The van der Waals surface area contributed by atoms with Crippen molar-refractivity contribution in [2.45, 2.75) is 32.4 Å². The van der Waals surface area contributed by atoms with Gasteiger partial charge in [-0.3, -0.25) is 0 Å². The Balaban J connectivity index is 1.88. The maximum absolute atomic E-state index is 12.2. The van der Waals surface area contributed by atoms with Crippen molar-refractivity contribution in [2.75, 3.05) is 5.32 Å². The average molecular weight is 281 g/mol. The molecule has 0 fully saturated rings. The standard InChI is InChI=1S/C18H19NO2/c1-2-3-8-13-9-7-12-15-16(13)18(20)21-17(15)19-14-10-5-4-6-11-14/h4-7,9-12,17,19H,2-3,8H2,1H3. The van der Waals surface area contributed by atoms with E-state index >= 15 is 0 Å². The van der Waals surface area contributed by atoms with Crippen LogP contribution >= 0.6 is 0 Å². The first kappa shape index (κ1) is 13.7. The van der Waals surface area contributed by atoms with Gasteiger partial charge < -0.3 is 10.1 Å². The van der Waals surface area contributed by atoms with Crippen molar-refractivity contribution in [3.05, 3.63) is 65.2 Å². The normalized spacial score (nSPS) is 16.4. The minimum absolute atomic E-state index is 0.217. The van der Waals surface area contributed by atoms with Crippen LogP contribution in [0.15, 0.2) is 48.5 Å². The number of unbranched alkanes of at least 4 members (excludes halogenated alkanes) is 1. The molecule has 0 saturated carbocycles. The number of fused-ring (bicyclic) bond motifs is 1. The summed E-state index contributed by atoms with van der Waals surface area (Å²) in [6.07, 6.45) is 2.73. The number of carbonyl (C=O) groups is 1. The molecule has 0 aromatic heterocycles. The molecule has 1 unspecified atom stereocenters. The van der Waals surface area contributed by atoms with Crippen molar-refractivity contribution in [2.24, 2.45) is 0 Å². The first-order valence-electron chi connectivity index (χ1n) is 7.44. The van der Waals surface area contributed by atoms with Gasteiger partial charge in [0, 0.05) is 11.3 Å². The Hall–Kier alpha value is -2.29. The fourth-order valence-electron chi connectivity index (χ4n) is 2.69. The third-order valence-corrected chi connectivity index (χ3v) is 3.77. The second-order valence-electron chi connectivity index (χ2n) is 5.28. The molecule has 2 aromatic rings. The van der Waals surface area contributed by atoms with Crippen LogP contribution < -0.4 is 5.32 Å². The molecule has 0 saturated heterocycles. The van der Waals surface area contributed by atoms with Gasteiger partial charge >= 0.3 is 5.97 Å². The zero-order valence-corrected chi connectivity index (χ0v) is 12.1. The van der Waals surface area contributed by atoms with Crippen LogP contribution in [0.3, 0.4) is 0 Å². The van der Waals surface area contributed by atoms with Crippen LogP contribution in [0.5, 0.6) is 0 Å². The zero-order chi connectivity index (χ0) is 14.7. The van der Waals surface area contributed by atoms with Gasteiger partial charge in [-0.05, 0) is 30.5 Å². The molecule has 1 aliphatic heterocycles. The van der Waals surface area contributed by atoms with Crippen molar-refractivity contribution in [1.82, 2.24) is 0 Å². The molecule has 1 aliphatic rings. The van der Waals surface area contributed by atoms with Crippen molar-refractivity contribution >= 4 is 11.7 Å². The summed E-state index contributed by atoms with van der Waals surface area (Å²) in [5.41, 5.74) is 3.73. The number of carbonyl (C=O) groups excluding carboxylic acids is 1. The SMILES string of the molecule is CCCCc1cccc2c1C(=O)OC2Nc1ccccc1. The third-order valence-electron chi connectivity index (χ3n) is 3.77. The number of cyclic esters (lactones) is 1. The van der Waals surface area contributed by atoms with Crippen molar-refractivity contribution < 1.29 is 9.53 Å². The Bertz CT molecular complexity index is 637. The highest BCUT2D eigenvalue weighted by Crippen LogP contribution is 2.34. The monoisotopic (exact) mass is 281 g/mol. The average Bonchev–Trinajstić information content (AvgIpc) is 2.83. The van der Waals surface area contributed by atoms with Crippen molar-refractivity contribution in [3.63, 3.8) is 0 Å². The molecule has 3 rings (SSSR count). The molecule has 108 valence electrons. The predicted molar refractivity (Wildman–Crippen MR) is 83.3 cm³/mol. The summed E-state index contributed by atoms with van der Waals surface area (Å²) in [6, 6.07) is 15.8. The lowest BCUT2D eigenvalue weighted by Gasteiger charge is -2.14. The predicted octanol–water partition coefficient (Wildman–Crippen LogP) is 4.31. The van der Waals surface area contributed by atoms with E-state index in [-0.39, 0.29) is 5.97 Å². The molecule has 3 heteroatoms. The Morgan fingerprint density at radius 3 is 2.67 bits per heavy atom. The number of aryl methyl sites for hydroxylation is 1. The molecule has 1 heterocycles. The molecule has 0 aliphatic carbocycles. The fourth-order valence-corrected chi connectivity index (χ4v) is 2.69. The van der Waals surface area contributed by atoms with E-state index in [4.69, 9.17) is 4.74 Å². The molecule has 0 radical (unpaired) electrons. The molecule has 0 amide bonds. The molecule has 0 bridgehead atoms. The highest BCUT2D eigenvalue weighted by atomic mass is 16.6. The topological polar surface area (TPSA) is 38.3 Å². The maximum Gasteiger partial charge on any atom is 0.341 e. The largest absolute Gasteiger partial charge is 0.434 e. The highest BCUT2D eigenvalue weighted by Gasteiger charge is 2.32. The van der Waals surface area contributed by atoms with Crippen LogP contribution in [0.2, 0.25) is 0 Å². The van der Waals surface area contributed by atoms with Gasteiger partial charge in [0.15, 0.2) is 0 Å². The Morgan fingerprint density at radius 2 is 1.90 bits per heavy atom. The van der Waals surface area contributed by atoms with E-state index < -0.39 is 6.23 Å². The molecule has 21 heavy (non-hydrogen) atoms. The van der Waals surface area contributed by atoms with E-state index in [1.807, 2.05) is 48.5 Å². The number of hydrogen-bond donors (Lipinski definition) is 1. The summed E-state index contributed by atoms with van der Waals surface area (Å²) in [6.45, 7) is 2.15. The summed E-state index contributed by atoms with van der Waals surface area (Å²) >= 11 is 0. The number of ether oxygens (including phenoxy) is 1. The second-order valence-corrected chi connectivity index (χ2v) is 5.28. The number of anilines is 1. The number of benzene rings is 2. The fraction of sp³-hybridized carbons (Fsp3) is 0.278. The summed E-state index contributed by atoms with van der Waals surface area (Å²) in [5, 5.41) is 3.27. The molecule has 1 N–H and O–H groups in total. The summed E-state index contributed by atoms with van der Waals surface area (Å²) < 4.78 is 5.51. The quantitative estimate of drug-likeness (QED) is 0.830. The van der Waals surface area contributed by atoms with Crippen LogP contribution in [0.4, 0.5) is 5.69 Å². The number of nitrogens with one attached hydrogen (secondary N) is 1. The molecule has 2 aromatic carbocycles. The van der Waals surface area contributed by atoms with Gasteiger partial charge in [-0.1, -0.05) is 49.7 Å². The van der Waals surface area contributed by atoms with Crippen molar-refractivity contribution in [3.8, 4) is 0 Å². The lowest BCUT2D eigenvalue weighted by atomic mass is 9.98. The minimum Gasteiger partial charge on any atom is -0.434 e. The van der Waals surface area contributed by atoms with E-state index in [0.717, 1.165) is 41.6 Å². The first-order chi connectivity index (χ1) is 10.3. The first-order valence-corrected chi connectivity index (χ1v) is 7.44. The van der Waals surface area contributed by atoms with Gasteiger partial charge in [-0.2, -0.15) is 0 Å². The number of rotatable bonds is 5.